The standard InChI is InChI=1S/C69H134O6/c1-4-7-10-13-16-19-22-25-27-29-31-32-33-34-35-36-38-39-41-44-47-50-53-56-59-62-68(71)74-65-66(64-73-67(70)61-58-55-52-49-46-43-24-21-18-15-12-9-6-3)75-69(72)63-60-57-54-51-48-45-42-40-37-30-28-26-23-20-17-14-11-8-5-2/h66H,4-65H2,1-3H3. The molecule has 0 aromatic carbocycles. The Morgan fingerprint density at radius 2 is 0.360 bits per heavy atom. The summed E-state index contributed by atoms with van der Waals surface area (Å²) in [6, 6.07) is 0. The summed E-state index contributed by atoms with van der Waals surface area (Å²) in [6.07, 6.45) is 75.6. The van der Waals surface area contributed by atoms with Crippen molar-refractivity contribution in [2.24, 2.45) is 0 Å². The van der Waals surface area contributed by atoms with Crippen molar-refractivity contribution < 1.29 is 28.6 Å². The number of carbonyl (C=O) groups is 3. The molecule has 0 spiro atoms. The highest BCUT2D eigenvalue weighted by Crippen LogP contribution is 2.19. The lowest BCUT2D eigenvalue weighted by atomic mass is 10.0. The lowest BCUT2D eigenvalue weighted by Crippen LogP contribution is -2.30. The third-order valence-electron chi connectivity index (χ3n) is 16.1. The SMILES string of the molecule is CCCCCCCCCCCCCCCCCCCCCCCCCCCC(=O)OCC(COC(=O)CCCCCCCCCCCCCCC)OC(=O)CCCCCCCCCCCCCCCCCCCCC. The minimum absolute atomic E-state index is 0.0603. The van der Waals surface area contributed by atoms with Gasteiger partial charge in [0, 0.05) is 19.3 Å². The topological polar surface area (TPSA) is 78.9 Å². The van der Waals surface area contributed by atoms with Gasteiger partial charge in [0.05, 0.1) is 0 Å². The highest BCUT2D eigenvalue weighted by molar-refractivity contribution is 5.71. The van der Waals surface area contributed by atoms with Gasteiger partial charge in [0.25, 0.3) is 0 Å². The Balaban J connectivity index is 4.19. The average molecular weight is 1060 g/mol. The van der Waals surface area contributed by atoms with Gasteiger partial charge in [-0.1, -0.05) is 367 Å². The first kappa shape index (κ1) is 73.4. The molecule has 75 heavy (non-hydrogen) atoms. The summed E-state index contributed by atoms with van der Waals surface area (Å²) in [6.45, 7) is 6.74. The van der Waals surface area contributed by atoms with Crippen LogP contribution in [0.1, 0.15) is 406 Å². The molecule has 6 nitrogen and oxygen atoms in total. The second-order valence-corrected chi connectivity index (χ2v) is 23.8. The Kier molecular flexibility index (Phi) is 63.6. The molecule has 0 aromatic heterocycles. The monoisotopic (exact) mass is 1060 g/mol. The molecule has 0 amide bonds. The number of ether oxygens (including phenoxy) is 3. The molecule has 446 valence electrons. The van der Waals surface area contributed by atoms with Crippen LogP contribution < -0.4 is 0 Å². The molecule has 1 atom stereocenters. The van der Waals surface area contributed by atoms with Crippen LogP contribution in [0.4, 0.5) is 0 Å². The predicted octanol–water partition coefficient (Wildman–Crippen LogP) is 23.5. The zero-order chi connectivity index (χ0) is 54.3. The highest BCUT2D eigenvalue weighted by atomic mass is 16.6. The maximum Gasteiger partial charge on any atom is 0.306 e. The van der Waals surface area contributed by atoms with E-state index in [0.29, 0.717) is 19.3 Å². The zero-order valence-corrected chi connectivity index (χ0v) is 51.4. The van der Waals surface area contributed by atoms with Crippen molar-refractivity contribution in [3.8, 4) is 0 Å². The number of hydrogen-bond acceptors (Lipinski definition) is 6. The molecule has 6 heteroatoms. The minimum Gasteiger partial charge on any atom is -0.462 e. The lowest BCUT2D eigenvalue weighted by Gasteiger charge is -2.18. The van der Waals surface area contributed by atoms with Crippen LogP contribution in [-0.4, -0.2) is 37.2 Å². The first-order valence-electron chi connectivity index (χ1n) is 34.5. The van der Waals surface area contributed by atoms with Crippen molar-refractivity contribution in [2.75, 3.05) is 13.2 Å². The molecule has 0 saturated heterocycles. The largest absolute Gasteiger partial charge is 0.462 e. The van der Waals surface area contributed by atoms with Crippen molar-refractivity contribution in [3.63, 3.8) is 0 Å². The summed E-state index contributed by atoms with van der Waals surface area (Å²) in [4.78, 5) is 38.4. The molecule has 0 heterocycles. The van der Waals surface area contributed by atoms with Crippen molar-refractivity contribution in [2.45, 2.75) is 412 Å². The molecule has 0 saturated carbocycles. The van der Waals surface area contributed by atoms with Gasteiger partial charge in [0.1, 0.15) is 13.2 Å². The molecular formula is C69H134O6. The molecule has 0 rings (SSSR count). The number of rotatable bonds is 65. The predicted molar refractivity (Wildman–Crippen MR) is 326 cm³/mol. The van der Waals surface area contributed by atoms with Gasteiger partial charge in [0.15, 0.2) is 6.10 Å². The normalized spacial score (nSPS) is 11.9. The van der Waals surface area contributed by atoms with Crippen LogP contribution in [0.3, 0.4) is 0 Å². The third-order valence-corrected chi connectivity index (χ3v) is 16.1. The van der Waals surface area contributed by atoms with Crippen LogP contribution in [-0.2, 0) is 28.6 Å². The summed E-state index contributed by atoms with van der Waals surface area (Å²) in [5, 5.41) is 0. The number of esters is 3. The zero-order valence-electron chi connectivity index (χ0n) is 51.4. The Morgan fingerprint density at radius 3 is 0.533 bits per heavy atom. The summed E-state index contributed by atoms with van der Waals surface area (Å²) in [5.74, 6) is -0.822. The Labute approximate surface area is 469 Å². The van der Waals surface area contributed by atoms with Gasteiger partial charge < -0.3 is 14.2 Å². The summed E-state index contributed by atoms with van der Waals surface area (Å²) < 4.78 is 17.0. The third kappa shape index (κ3) is 63.1. The number of carbonyl (C=O) groups excluding carboxylic acids is 3. The van der Waals surface area contributed by atoms with E-state index in [0.717, 1.165) is 57.8 Å². The van der Waals surface area contributed by atoms with Crippen LogP contribution >= 0.6 is 0 Å². The van der Waals surface area contributed by atoms with E-state index in [-0.39, 0.29) is 31.1 Å². The van der Waals surface area contributed by atoms with Crippen molar-refractivity contribution >= 4 is 17.9 Å². The van der Waals surface area contributed by atoms with Crippen LogP contribution in [0.5, 0.6) is 0 Å². The van der Waals surface area contributed by atoms with E-state index < -0.39 is 6.10 Å². The van der Waals surface area contributed by atoms with Crippen molar-refractivity contribution in [1.82, 2.24) is 0 Å². The van der Waals surface area contributed by atoms with Gasteiger partial charge in [-0.3, -0.25) is 14.4 Å². The second kappa shape index (κ2) is 64.9. The smallest absolute Gasteiger partial charge is 0.306 e. The molecule has 0 bridgehead atoms. The summed E-state index contributed by atoms with van der Waals surface area (Å²) in [5.41, 5.74) is 0. The first-order chi connectivity index (χ1) is 37.0. The average Bonchev–Trinajstić information content (AvgIpc) is 3.41. The molecule has 0 fully saturated rings. The van der Waals surface area contributed by atoms with Crippen LogP contribution in [0, 0.1) is 0 Å². The molecule has 0 radical (unpaired) electrons. The van der Waals surface area contributed by atoms with Crippen LogP contribution in [0.25, 0.3) is 0 Å². The molecule has 0 aromatic rings. The maximum atomic E-state index is 12.9. The molecule has 1 unspecified atom stereocenters. The Bertz CT molecular complexity index is 1120. The van der Waals surface area contributed by atoms with Gasteiger partial charge in [-0.25, -0.2) is 0 Å². The van der Waals surface area contributed by atoms with Gasteiger partial charge in [-0.15, -0.1) is 0 Å². The van der Waals surface area contributed by atoms with E-state index in [2.05, 4.69) is 20.8 Å². The lowest BCUT2D eigenvalue weighted by molar-refractivity contribution is -0.167. The van der Waals surface area contributed by atoms with Gasteiger partial charge in [0.2, 0.25) is 0 Å². The van der Waals surface area contributed by atoms with E-state index >= 15 is 0 Å². The van der Waals surface area contributed by atoms with E-state index in [9.17, 15) is 14.4 Å². The Hall–Kier alpha value is -1.59. The Morgan fingerprint density at radius 1 is 0.213 bits per heavy atom. The summed E-state index contributed by atoms with van der Waals surface area (Å²) in [7, 11) is 0. The van der Waals surface area contributed by atoms with Gasteiger partial charge in [-0.2, -0.15) is 0 Å². The van der Waals surface area contributed by atoms with Gasteiger partial charge >= 0.3 is 17.9 Å². The number of hydrogen-bond donors (Lipinski definition) is 0. The quantitative estimate of drug-likeness (QED) is 0.0343. The minimum atomic E-state index is -0.763. The number of unbranched alkanes of at least 4 members (excludes halogenated alkanes) is 54. The van der Waals surface area contributed by atoms with E-state index in [1.807, 2.05) is 0 Å². The van der Waals surface area contributed by atoms with Crippen molar-refractivity contribution in [3.05, 3.63) is 0 Å². The second-order valence-electron chi connectivity index (χ2n) is 23.8. The fraction of sp³-hybridized carbons (Fsp3) is 0.957. The summed E-state index contributed by atoms with van der Waals surface area (Å²) >= 11 is 0. The molecule has 0 aliphatic heterocycles. The maximum absolute atomic E-state index is 12.9. The van der Waals surface area contributed by atoms with E-state index in [4.69, 9.17) is 14.2 Å². The fourth-order valence-electron chi connectivity index (χ4n) is 10.9. The van der Waals surface area contributed by atoms with Crippen molar-refractivity contribution in [1.29, 1.82) is 0 Å². The fourth-order valence-corrected chi connectivity index (χ4v) is 10.9. The van der Waals surface area contributed by atoms with Crippen LogP contribution in [0.15, 0.2) is 0 Å². The van der Waals surface area contributed by atoms with E-state index in [1.54, 1.807) is 0 Å². The highest BCUT2D eigenvalue weighted by Gasteiger charge is 2.19. The molecule has 0 N–H and O–H groups in total. The van der Waals surface area contributed by atoms with E-state index in [1.165, 1.54) is 308 Å². The first-order valence-corrected chi connectivity index (χ1v) is 34.5. The molecule has 0 aliphatic rings. The van der Waals surface area contributed by atoms with Crippen LogP contribution in [0.2, 0.25) is 0 Å². The van der Waals surface area contributed by atoms with Gasteiger partial charge in [-0.05, 0) is 19.3 Å². The molecule has 0 aliphatic carbocycles. The molecular weight excluding hydrogens is 925 g/mol.